The molecule has 0 atom stereocenters. The highest BCUT2D eigenvalue weighted by Crippen LogP contribution is 2.11. The van der Waals surface area contributed by atoms with Crippen molar-refractivity contribution in [3.05, 3.63) is 29.8 Å². The molecule has 18 heavy (non-hydrogen) atoms. The minimum atomic E-state index is -3.32. The summed E-state index contributed by atoms with van der Waals surface area (Å²) in [5.74, 6) is -0.0287. The number of anilines is 1. The third kappa shape index (κ3) is 5.48. The highest BCUT2D eigenvalue weighted by molar-refractivity contribution is 7.92. The standard InChI is InChI=1S/C12H20N2O3S/c1-3-17-8-9-18(15,16)14-12-6-4-11(5-7-12)10-13-2/h4-7,13-14H,3,8-10H2,1-2H3. The topological polar surface area (TPSA) is 67.4 Å². The predicted molar refractivity (Wildman–Crippen MR) is 73.1 cm³/mol. The number of sulfonamides is 1. The normalized spacial score (nSPS) is 11.4. The summed E-state index contributed by atoms with van der Waals surface area (Å²) in [4.78, 5) is 0. The van der Waals surface area contributed by atoms with Crippen LogP contribution in [-0.2, 0) is 21.3 Å². The summed E-state index contributed by atoms with van der Waals surface area (Å²) < 4.78 is 30.9. The molecule has 0 unspecified atom stereocenters. The van der Waals surface area contributed by atoms with Gasteiger partial charge in [-0.25, -0.2) is 8.42 Å². The summed E-state index contributed by atoms with van der Waals surface area (Å²) in [6, 6.07) is 7.28. The second-order valence-electron chi connectivity index (χ2n) is 3.85. The molecule has 0 saturated heterocycles. The van der Waals surface area contributed by atoms with Crippen LogP contribution in [0.4, 0.5) is 5.69 Å². The first-order chi connectivity index (χ1) is 8.57. The fraction of sp³-hybridized carbons (Fsp3) is 0.500. The van der Waals surface area contributed by atoms with Gasteiger partial charge in [0.05, 0.1) is 12.4 Å². The maximum atomic E-state index is 11.7. The van der Waals surface area contributed by atoms with E-state index in [0.717, 1.165) is 12.1 Å². The van der Waals surface area contributed by atoms with Crippen LogP contribution in [0.2, 0.25) is 0 Å². The minimum Gasteiger partial charge on any atom is -0.381 e. The van der Waals surface area contributed by atoms with Crippen LogP contribution in [0.25, 0.3) is 0 Å². The molecule has 1 aromatic rings. The highest BCUT2D eigenvalue weighted by Gasteiger charge is 2.09. The largest absolute Gasteiger partial charge is 0.381 e. The Kier molecular flexibility index (Phi) is 6.11. The van der Waals surface area contributed by atoms with Gasteiger partial charge < -0.3 is 10.1 Å². The monoisotopic (exact) mass is 272 g/mol. The molecule has 0 bridgehead atoms. The third-order valence-corrected chi connectivity index (χ3v) is 3.56. The molecule has 2 N–H and O–H groups in total. The van der Waals surface area contributed by atoms with Crippen LogP contribution >= 0.6 is 0 Å². The number of hydrogen-bond donors (Lipinski definition) is 2. The molecular weight excluding hydrogens is 252 g/mol. The van der Waals surface area contributed by atoms with Gasteiger partial charge in [0, 0.05) is 18.8 Å². The van der Waals surface area contributed by atoms with Gasteiger partial charge in [-0.1, -0.05) is 12.1 Å². The molecule has 6 heteroatoms. The maximum Gasteiger partial charge on any atom is 0.234 e. The van der Waals surface area contributed by atoms with Crippen molar-refractivity contribution in [2.75, 3.05) is 30.7 Å². The van der Waals surface area contributed by atoms with E-state index in [4.69, 9.17) is 4.74 Å². The molecule has 5 nitrogen and oxygen atoms in total. The zero-order valence-electron chi connectivity index (χ0n) is 10.8. The lowest BCUT2D eigenvalue weighted by Crippen LogP contribution is -2.20. The van der Waals surface area contributed by atoms with Crippen molar-refractivity contribution in [3.8, 4) is 0 Å². The van der Waals surface area contributed by atoms with Crippen LogP contribution in [0.3, 0.4) is 0 Å². The molecule has 0 amide bonds. The van der Waals surface area contributed by atoms with Crippen molar-refractivity contribution in [1.82, 2.24) is 5.32 Å². The Morgan fingerprint density at radius 2 is 1.89 bits per heavy atom. The third-order valence-electron chi connectivity index (χ3n) is 2.31. The molecule has 102 valence electrons. The van der Waals surface area contributed by atoms with Crippen molar-refractivity contribution in [3.63, 3.8) is 0 Å². The van der Waals surface area contributed by atoms with E-state index >= 15 is 0 Å². The van der Waals surface area contributed by atoms with E-state index in [9.17, 15) is 8.42 Å². The summed E-state index contributed by atoms with van der Waals surface area (Å²) in [6.45, 7) is 3.33. The van der Waals surface area contributed by atoms with Gasteiger partial charge in [-0.05, 0) is 31.7 Å². The lowest BCUT2D eigenvalue weighted by Gasteiger charge is -2.08. The predicted octanol–water partition coefficient (Wildman–Crippen LogP) is 1.18. The van der Waals surface area contributed by atoms with E-state index < -0.39 is 10.0 Å². The van der Waals surface area contributed by atoms with Crippen LogP contribution in [0.15, 0.2) is 24.3 Å². The average Bonchev–Trinajstić information content (AvgIpc) is 2.32. The zero-order chi connectivity index (χ0) is 13.4. The van der Waals surface area contributed by atoms with Crippen molar-refractivity contribution in [2.24, 2.45) is 0 Å². The van der Waals surface area contributed by atoms with Gasteiger partial charge in [0.1, 0.15) is 0 Å². The van der Waals surface area contributed by atoms with E-state index in [1.54, 1.807) is 12.1 Å². The quantitative estimate of drug-likeness (QED) is 0.697. The zero-order valence-corrected chi connectivity index (χ0v) is 11.6. The molecule has 1 aromatic carbocycles. The van der Waals surface area contributed by atoms with Gasteiger partial charge >= 0.3 is 0 Å². The molecule has 0 aliphatic carbocycles. The van der Waals surface area contributed by atoms with Crippen molar-refractivity contribution in [1.29, 1.82) is 0 Å². The Bertz CT molecular complexity index is 443. The average molecular weight is 272 g/mol. The SMILES string of the molecule is CCOCCS(=O)(=O)Nc1ccc(CNC)cc1. The van der Waals surface area contributed by atoms with Gasteiger partial charge in [-0.3, -0.25) is 4.72 Å². The summed E-state index contributed by atoms with van der Waals surface area (Å²) in [7, 11) is -1.46. The molecule has 0 aromatic heterocycles. The number of hydrogen-bond acceptors (Lipinski definition) is 4. The molecule has 0 spiro atoms. The number of rotatable bonds is 8. The molecule has 0 radical (unpaired) electrons. The van der Waals surface area contributed by atoms with Gasteiger partial charge in [0.25, 0.3) is 0 Å². The van der Waals surface area contributed by atoms with Gasteiger partial charge in [-0.15, -0.1) is 0 Å². The van der Waals surface area contributed by atoms with Crippen molar-refractivity contribution in [2.45, 2.75) is 13.5 Å². The fourth-order valence-corrected chi connectivity index (χ4v) is 2.37. The van der Waals surface area contributed by atoms with Gasteiger partial charge in [0.15, 0.2) is 0 Å². The lowest BCUT2D eigenvalue weighted by atomic mass is 10.2. The lowest BCUT2D eigenvalue weighted by molar-refractivity contribution is 0.163. The van der Waals surface area contributed by atoms with E-state index in [1.165, 1.54) is 0 Å². The molecular formula is C12H20N2O3S. The highest BCUT2D eigenvalue weighted by atomic mass is 32.2. The fourth-order valence-electron chi connectivity index (χ4n) is 1.44. The van der Waals surface area contributed by atoms with Gasteiger partial charge in [-0.2, -0.15) is 0 Å². The maximum absolute atomic E-state index is 11.7. The van der Waals surface area contributed by atoms with Gasteiger partial charge in [0.2, 0.25) is 10.0 Å². The second-order valence-corrected chi connectivity index (χ2v) is 5.69. The van der Waals surface area contributed by atoms with Crippen molar-refractivity contribution >= 4 is 15.7 Å². The smallest absolute Gasteiger partial charge is 0.234 e. The Balaban J connectivity index is 2.55. The summed E-state index contributed by atoms with van der Waals surface area (Å²) in [5.41, 5.74) is 1.68. The molecule has 0 saturated carbocycles. The Labute approximate surface area is 109 Å². The van der Waals surface area contributed by atoms with Crippen LogP contribution in [0.5, 0.6) is 0 Å². The summed E-state index contributed by atoms with van der Waals surface area (Å²) >= 11 is 0. The summed E-state index contributed by atoms with van der Waals surface area (Å²) in [6.07, 6.45) is 0. The second kappa shape index (κ2) is 7.35. The molecule has 1 rings (SSSR count). The van der Waals surface area contributed by atoms with E-state index in [1.807, 2.05) is 26.1 Å². The minimum absolute atomic E-state index is 0.0287. The Morgan fingerprint density at radius 3 is 2.44 bits per heavy atom. The van der Waals surface area contributed by atoms with Crippen LogP contribution in [0, 0.1) is 0 Å². The van der Waals surface area contributed by atoms with Crippen LogP contribution in [0.1, 0.15) is 12.5 Å². The molecule has 0 aliphatic heterocycles. The summed E-state index contributed by atoms with van der Waals surface area (Å²) in [5, 5.41) is 3.03. The molecule has 0 fully saturated rings. The van der Waals surface area contributed by atoms with Crippen molar-refractivity contribution < 1.29 is 13.2 Å². The molecule has 0 heterocycles. The Morgan fingerprint density at radius 1 is 1.22 bits per heavy atom. The van der Waals surface area contributed by atoms with E-state index in [0.29, 0.717) is 12.3 Å². The Hall–Kier alpha value is -1.11. The first-order valence-electron chi connectivity index (χ1n) is 5.89. The first-order valence-corrected chi connectivity index (χ1v) is 7.54. The molecule has 0 aliphatic rings. The first kappa shape index (κ1) is 14.9. The van der Waals surface area contributed by atoms with Crippen LogP contribution in [-0.4, -0.2) is 34.4 Å². The van der Waals surface area contributed by atoms with Crippen LogP contribution < -0.4 is 10.0 Å². The number of ether oxygens (including phenoxy) is 1. The van der Waals surface area contributed by atoms with E-state index in [-0.39, 0.29) is 12.4 Å². The number of benzene rings is 1. The number of nitrogens with one attached hydrogen (secondary N) is 2. The van der Waals surface area contributed by atoms with E-state index in [2.05, 4.69) is 10.0 Å².